The van der Waals surface area contributed by atoms with Gasteiger partial charge in [-0.15, -0.1) is 0 Å². The van der Waals surface area contributed by atoms with Crippen molar-refractivity contribution in [3.63, 3.8) is 0 Å². The molecule has 0 atom stereocenters. The fourth-order valence-electron chi connectivity index (χ4n) is 4.63. The second-order valence-electron chi connectivity index (χ2n) is 8.56. The van der Waals surface area contributed by atoms with Gasteiger partial charge in [0.2, 0.25) is 5.91 Å². The zero-order valence-electron chi connectivity index (χ0n) is 17.9. The number of hydrogen-bond acceptors (Lipinski definition) is 5. The van der Waals surface area contributed by atoms with Gasteiger partial charge in [-0.05, 0) is 42.9 Å². The number of likely N-dealkylation sites (N-methyl/N-ethyl adjacent to an activating group) is 1. The van der Waals surface area contributed by atoms with Crippen LogP contribution in [0.25, 0.3) is 33.5 Å². The van der Waals surface area contributed by atoms with E-state index in [2.05, 4.69) is 56.6 Å². The van der Waals surface area contributed by atoms with E-state index in [4.69, 9.17) is 4.98 Å². The molecule has 7 nitrogen and oxygen atoms in total. The Labute approximate surface area is 186 Å². The average Bonchev–Trinajstić information content (AvgIpc) is 3.41. The Morgan fingerprint density at radius 2 is 1.75 bits per heavy atom. The summed E-state index contributed by atoms with van der Waals surface area (Å²) in [6, 6.07) is 18.5. The quantitative estimate of drug-likeness (QED) is 0.526. The number of hydrogen-bond donors (Lipinski definition) is 2. The molecule has 4 heterocycles. The smallest absolute Gasteiger partial charge is 0.228 e. The van der Waals surface area contributed by atoms with Gasteiger partial charge >= 0.3 is 0 Å². The van der Waals surface area contributed by atoms with Crippen molar-refractivity contribution in [2.24, 2.45) is 0 Å². The molecule has 7 heteroatoms. The van der Waals surface area contributed by atoms with Gasteiger partial charge in [0.25, 0.3) is 0 Å². The molecule has 2 aliphatic rings. The maximum Gasteiger partial charge on any atom is 0.228 e. The van der Waals surface area contributed by atoms with Crippen LogP contribution in [0.1, 0.15) is 5.56 Å². The molecule has 0 aliphatic carbocycles. The first-order valence-electron chi connectivity index (χ1n) is 11.0. The van der Waals surface area contributed by atoms with Gasteiger partial charge in [0.1, 0.15) is 11.2 Å². The van der Waals surface area contributed by atoms with Crippen molar-refractivity contribution in [2.75, 3.05) is 43.4 Å². The van der Waals surface area contributed by atoms with Gasteiger partial charge < -0.3 is 15.1 Å². The minimum Gasteiger partial charge on any atom is -0.369 e. The summed E-state index contributed by atoms with van der Waals surface area (Å²) in [4.78, 5) is 21.6. The molecule has 1 saturated heterocycles. The topological polar surface area (TPSA) is 77.1 Å². The molecule has 2 aliphatic heterocycles. The molecule has 2 aromatic heterocycles. The van der Waals surface area contributed by atoms with Crippen LogP contribution in [0.5, 0.6) is 0 Å². The normalized spacial score (nSPS) is 16.4. The Bertz CT molecular complexity index is 1320. The molecule has 4 aromatic rings. The maximum absolute atomic E-state index is 11.9. The van der Waals surface area contributed by atoms with Crippen LogP contribution in [-0.4, -0.2) is 59.2 Å². The minimum atomic E-state index is 0.0259. The summed E-state index contributed by atoms with van der Waals surface area (Å²) in [5.74, 6) is 0.0259. The highest BCUT2D eigenvalue weighted by Gasteiger charge is 2.22. The molecule has 0 radical (unpaired) electrons. The maximum atomic E-state index is 11.9. The molecule has 0 spiro atoms. The number of nitrogens with zero attached hydrogens (tertiary/aromatic N) is 4. The molecule has 2 aromatic carbocycles. The highest BCUT2D eigenvalue weighted by Crippen LogP contribution is 2.34. The minimum absolute atomic E-state index is 0.0259. The molecule has 0 saturated carbocycles. The second kappa shape index (κ2) is 7.46. The summed E-state index contributed by atoms with van der Waals surface area (Å²) in [6.07, 6.45) is 0.386. The van der Waals surface area contributed by atoms with Crippen molar-refractivity contribution >= 4 is 28.3 Å². The first kappa shape index (κ1) is 19.0. The third-order valence-corrected chi connectivity index (χ3v) is 6.48. The molecule has 0 unspecified atom stereocenters. The van der Waals surface area contributed by atoms with E-state index in [0.717, 1.165) is 71.0 Å². The summed E-state index contributed by atoms with van der Waals surface area (Å²) >= 11 is 0. The summed E-state index contributed by atoms with van der Waals surface area (Å²) in [6.45, 7) is 4.27. The fraction of sp³-hybridized carbons (Fsp3) is 0.240. The zero-order valence-corrected chi connectivity index (χ0v) is 17.9. The van der Waals surface area contributed by atoms with Crippen molar-refractivity contribution in [3.05, 3.63) is 60.2 Å². The van der Waals surface area contributed by atoms with Crippen LogP contribution >= 0.6 is 0 Å². The van der Waals surface area contributed by atoms with Crippen LogP contribution in [0.15, 0.2) is 54.6 Å². The van der Waals surface area contributed by atoms with Gasteiger partial charge in [-0.25, -0.2) is 4.98 Å². The molecule has 1 amide bonds. The summed E-state index contributed by atoms with van der Waals surface area (Å²) in [7, 11) is 2.17. The number of amides is 1. The van der Waals surface area contributed by atoms with E-state index in [0.29, 0.717) is 6.42 Å². The van der Waals surface area contributed by atoms with Crippen molar-refractivity contribution in [3.8, 4) is 22.5 Å². The number of piperazine rings is 1. The lowest BCUT2D eigenvalue weighted by atomic mass is 10.0. The summed E-state index contributed by atoms with van der Waals surface area (Å²) in [5, 5.41) is 10.6. The predicted octanol–water partition coefficient (Wildman–Crippen LogP) is 3.54. The molecule has 32 heavy (non-hydrogen) atoms. The van der Waals surface area contributed by atoms with Gasteiger partial charge in [-0.3, -0.25) is 9.89 Å². The number of aromatic amines is 1. The molecule has 160 valence electrons. The number of nitrogens with one attached hydrogen (secondary N) is 2. The molecule has 1 fully saturated rings. The highest BCUT2D eigenvalue weighted by molar-refractivity contribution is 6.02. The standard InChI is InChI=1S/C25H24N6O/c1-30-11-13-31(14-12-30)17-7-5-16(6-8-17)24-25-22(28-29-24)10-9-21(27-25)18-3-2-4-20-19(18)15-23(32)26-20/h2-10H,11-15H2,1H3,(H,26,32)(H,28,29). The van der Waals surface area contributed by atoms with Crippen molar-refractivity contribution < 1.29 is 4.79 Å². The number of carbonyl (C=O) groups is 1. The van der Waals surface area contributed by atoms with Crippen LogP contribution in [0.3, 0.4) is 0 Å². The largest absolute Gasteiger partial charge is 0.369 e. The number of fused-ring (bicyclic) bond motifs is 2. The number of rotatable bonds is 3. The van der Waals surface area contributed by atoms with Gasteiger partial charge in [-0.2, -0.15) is 5.10 Å². The van der Waals surface area contributed by atoms with Crippen LogP contribution in [0, 0.1) is 0 Å². The first-order valence-corrected chi connectivity index (χ1v) is 11.0. The third kappa shape index (κ3) is 3.22. The van der Waals surface area contributed by atoms with E-state index in [1.54, 1.807) is 0 Å². The van der Waals surface area contributed by atoms with Crippen molar-refractivity contribution in [2.45, 2.75) is 6.42 Å². The summed E-state index contributed by atoms with van der Waals surface area (Å²) in [5.41, 5.74) is 8.57. The fourth-order valence-corrected chi connectivity index (χ4v) is 4.63. The van der Waals surface area contributed by atoms with Gasteiger partial charge in [0.15, 0.2) is 0 Å². The number of pyridine rings is 1. The van der Waals surface area contributed by atoms with E-state index in [-0.39, 0.29) is 5.91 Å². The number of H-pyrrole nitrogens is 1. The van der Waals surface area contributed by atoms with E-state index in [1.807, 2.05) is 30.3 Å². The molecular formula is C25H24N6O. The van der Waals surface area contributed by atoms with Crippen LogP contribution in [0.4, 0.5) is 11.4 Å². The zero-order chi connectivity index (χ0) is 21.7. The summed E-state index contributed by atoms with van der Waals surface area (Å²) < 4.78 is 0. The predicted molar refractivity (Wildman–Crippen MR) is 127 cm³/mol. The van der Waals surface area contributed by atoms with Gasteiger partial charge in [0.05, 0.1) is 17.6 Å². The number of benzene rings is 2. The van der Waals surface area contributed by atoms with Crippen molar-refractivity contribution in [1.29, 1.82) is 0 Å². The van der Waals surface area contributed by atoms with Gasteiger partial charge in [0, 0.05) is 48.7 Å². The number of aromatic nitrogens is 3. The Morgan fingerprint density at radius 3 is 2.56 bits per heavy atom. The van der Waals surface area contributed by atoms with Crippen LogP contribution in [-0.2, 0) is 11.2 Å². The Morgan fingerprint density at radius 1 is 0.938 bits per heavy atom. The Hall–Kier alpha value is -3.71. The number of anilines is 2. The molecule has 6 rings (SSSR count). The first-order chi connectivity index (χ1) is 15.7. The second-order valence-corrected chi connectivity index (χ2v) is 8.56. The average molecular weight is 425 g/mol. The lowest BCUT2D eigenvalue weighted by Gasteiger charge is -2.34. The van der Waals surface area contributed by atoms with E-state index in [1.165, 1.54) is 5.69 Å². The molecule has 0 bridgehead atoms. The number of carbonyl (C=O) groups excluding carboxylic acids is 1. The lowest BCUT2D eigenvalue weighted by molar-refractivity contribution is -0.115. The van der Waals surface area contributed by atoms with Crippen LogP contribution < -0.4 is 10.2 Å². The highest BCUT2D eigenvalue weighted by atomic mass is 16.1. The Kier molecular flexibility index (Phi) is 4.43. The van der Waals surface area contributed by atoms with Gasteiger partial charge in [-0.1, -0.05) is 24.3 Å². The lowest BCUT2D eigenvalue weighted by Crippen LogP contribution is -2.44. The van der Waals surface area contributed by atoms with E-state index in [9.17, 15) is 4.79 Å². The monoisotopic (exact) mass is 424 g/mol. The van der Waals surface area contributed by atoms with E-state index < -0.39 is 0 Å². The molecular weight excluding hydrogens is 400 g/mol. The Balaban J connectivity index is 1.35. The van der Waals surface area contributed by atoms with Crippen molar-refractivity contribution in [1.82, 2.24) is 20.1 Å². The molecule has 2 N–H and O–H groups in total. The van der Waals surface area contributed by atoms with E-state index >= 15 is 0 Å². The third-order valence-electron chi connectivity index (χ3n) is 6.48. The van der Waals surface area contributed by atoms with Crippen LogP contribution in [0.2, 0.25) is 0 Å². The SMILES string of the molecule is CN1CCN(c2ccc(-c3n[nH]c4ccc(-c5cccc6c5CC(=O)N6)nc34)cc2)CC1.